The Morgan fingerprint density at radius 2 is 1.44 bits per heavy atom. The lowest BCUT2D eigenvalue weighted by Gasteiger charge is -2.43. The van der Waals surface area contributed by atoms with Crippen molar-refractivity contribution in [2.45, 2.75) is 57.5 Å². The van der Waals surface area contributed by atoms with Crippen molar-refractivity contribution in [3.05, 3.63) is 84.1 Å². The monoisotopic (exact) mass is 514 g/mol. The second-order valence-electron chi connectivity index (χ2n) is 10.2. The molecule has 0 bridgehead atoms. The third-order valence-corrected chi connectivity index (χ3v) is 11.6. The van der Waals surface area contributed by atoms with Gasteiger partial charge >= 0.3 is 6.18 Å². The Kier molecular flexibility index (Phi) is 7.87. The van der Waals surface area contributed by atoms with E-state index in [9.17, 15) is 13.2 Å². The van der Waals surface area contributed by atoms with Crippen LogP contribution < -0.4 is 20.4 Å². The summed E-state index contributed by atoms with van der Waals surface area (Å²) in [4.78, 5) is 3.80. The highest BCUT2D eigenvalue weighted by Gasteiger charge is 2.50. The van der Waals surface area contributed by atoms with Gasteiger partial charge in [-0.25, -0.2) is 4.98 Å². The van der Waals surface area contributed by atoms with Gasteiger partial charge in [-0.05, 0) is 53.0 Å². The quantitative estimate of drug-likeness (QED) is 0.434. The topological polar surface area (TPSA) is 43.4 Å². The molecule has 0 radical (unpaired) electrons. The Labute approximate surface area is 212 Å². The van der Waals surface area contributed by atoms with Crippen molar-refractivity contribution in [2.75, 3.05) is 13.1 Å². The first-order chi connectivity index (χ1) is 17.1. The lowest BCUT2D eigenvalue weighted by Crippen LogP contribution is -2.66. The van der Waals surface area contributed by atoms with Crippen molar-refractivity contribution in [1.82, 2.24) is 10.3 Å². The number of nitrogens with zero attached hydrogens (tertiary/aromatic N) is 1. The molecule has 1 aromatic heterocycles. The minimum absolute atomic E-state index is 0.00206. The normalized spacial score (nSPS) is 15.6. The molecule has 0 aliphatic carbocycles. The summed E-state index contributed by atoms with van der Waals surface area (Å²) in [5.74, 6) is -0.00206. The molecular weight excluding hydrogens is 481 g/mol. The van der Waals surface area contributed by atoms with Crippen LogP contribution in [-0.4, -0.2) is 32.5 Å². The smallest absolute Gasteiger partial charge is 0.433 e. The molecular formula is C28H33F3N2O2Si. The highest BCUT2D eigenvalue weighted by Crippen LogP contribution is 2.38. The minimum Gasteiger partial charge on any atom is -0.474 e. The molecule has 1 aliphatic heterocycles. The third-order valence-electron chi connectivity index (χ3n) is 6.60. The molecule has 36 heavy (non-hydrogen) atoms. The molecule has 192 valence electrons. The summed E-state index contributed by atoms with van der Waals surface area (Å²) in [5.41, 5.74) is -0.566. The van der Waals surface area contributed by atoms with Gasteiger partial charge in [-0.3, -0.25) is 0 Å². The predicted molar refractivity (Wildman–Crippen MR) is 138 cm³/mol. The van der Waals surface area contributed by atoms with E-state index in [1.54, 1.807) is 6.07 Å². The predicted octanol–water partition coefficient (Wildman–Crippen LogP) is 5.31. The van der Waals surface area contributed by atoms with Gasteiger partial charge in [0.05, 0.1) is 6.61 Å². The SMILES string of the molecule is CC(C)(C)[Si](OCc1cc(OC2CCNCC2)nc(C(F)(F)F)c1)(c1ccccc1)c1ccccc1. The molecule has 8 heteroatoms. The maximum atomic E-state index is 13.8. The highest BCUT2D eigenvalue weighted by atomic mass is 28.4. The van der Waals surface area contributed by atoms with Crippen molar-refractivity contribution in [1.29, 1.82) is 0 Å². The molecule has 4 nitrogen and oxygen atoms in total. The van der Waals surface area contributed by atoms with Crippen LogP contribution in [0.5, 0.6) is 5.88 Å². The molecule has 0 amide bonds. The van der Waals surface area contributed by atoms with Gasteiger partial charge in [0.1, 0.15) is 11.8 Å². The lowest BCUT2D eigenvalue weighted by molar-refractivity contribution is -0.141. The van der Waals surface area contributed by atoms with E-state index < -0.39 is 20.2 Å². The van der Waals surface area contributed by atoms with Gasteiger partial charge in [-0.15, -0.1) is 0 Å². The number of benzene rings is 2. The van der Waals surface area contributed by atoms with Crippen LogP contribution in [-0.2, 0) is 17.2 Å². The van der Waals surface area contributed by atoms with Crippen LogP contribution in [0.2, 0.25) is 5.04 Å². The summed E-state index contributed by atoms with van der Waals surface area (Å²) in [5, 5.41) is 5.08. The number of ether oxygens (including phenoxy) is 1. The Morgan fingerprint density at radius 1 is 0.889 bits per heavy atom. The summed E-state index contributed by atoms with van der Waals surface area (Å²) in [6.07, 6.45) is -3.29. The number of rotatable bonds is 7. The van der Waals surface area contributed by atoms with E-state index in [1.807, 2.05) is 36.4 Å². The summed E-state index contributed by atoms with van der Waals surface area (Å²) in [7, 11) is -2.91. The summed E-state index contributed by atoms with van der Waals surface area (Å²) < 4.78 is 54.0. The molecule has 4 rings (SSSR count). The van der Waals surface area contributed by atoms with Crippen LogP contribution in [0.15, 0.2) is 72.8 Å². The van der Waals surface area contributed by atoms with Crippen molar-refractivity contribution < 1.29 is 22.3 Å². The number of aromatic nitrogens is 1. The number of halogens is 3. The van der Waals surface area contributed by atoms with Crippen LogP contribution in [0.25, 0.3) is 0 Å². The molecule has 1 N–H and O–H groups in total. The van der Waals surface area contributed by atoms with Crippen molar-refractivity contribution >= 4 is 18.7 Å². The van der Waals surface area contributed by atoms with Crippen LogP contribution in [0.1, 0.15) is 44.9 Å². The first-order valence-electron chi connectivity index (χ1n) is 12.3. The molecule has 3 aromatic rings. The molecule has 1 aliphatic rings. The Morgan fingerprint density at radius 3 is 1.94 bits per heavy atom. The van der Waals surface area contributed by atoms with Crippen LogP contribution in [0.4, 0.5) is 13.2 Å². The molecule has 0 unspecified atom stereocenters. The number of nitrogens with one attached hydrogen (secondary N) is 1. The van der Waals surface area contributed by atoms with E-state index in [2.05, 4.69) is 55.3 Å². The molecule has 0 atom stereocenters. The lowest BCUT2D eigenvalue weighted by atomic mass is 10.1. The Balaban J connectivity index is 1.73. The fourth-order valence-corrected chi connectivity index (χ4v) is 9.42. The zero-order valence-corrected chi connectivity index (χ0v) is 21.9. The second kappa shape index (κ2) is 10.7. The number of pyridine rings is 1. The third kappa shape index (κ3) is 5.82. The number of piperidine rings is 1. The van der Waals surface area contributed by atoms with Gasteiger partial charge in [0.15, 0.2) is 0 Å². The maximum absolute atomic E-state index is 13.8. The standard InChI is InChI=1S/C28H33F3N2O2Si/c1-27(2,3)36(23-10-6-4-7-11-23,24-12-8-5-9-13-24)34-20-21-18-25(28(29,30)31)33-26(19-21)35-22-14-16-32-17-15-22/h4-13,18-19,22,32H,14-17,20H2,1-3H3. The molecule has 1 saturated heterocycles. The summed E-state index contributed by atoms with van der Waals surface area (Å²) in [6.45, 7) is 7.97. The van der Waals surface area contributed by atoms with Gasteiger partial charge < -0.3 is 14.5 Å². The Bertz CT molecular complexity index is 1090. The highest BCUT2D eigenvalue weighted by molar-refractivity contribution is 6.99. The van der Waals surface area contributed by atoms with Gasteiger partial charge in [0, 0.05) is 6.07 Å². The van der Waals surface area contributed by atoms with E-state index in [0.29, 0.717) is 5.56 Å². The number of hydrogen-bond donors (Lipinski definition) is 1. The fraction of sp³-hybridized carbons (Fsp3) is 0.393. The molecule has 2 heterocycles. The van der Waals surface area contributed by atoms with E-state index in [-0.39, 0.29) is 23.6 Å². The zero-order valence-electron chi connectivity index (χ0n) is 20.9. The van der Waals surface area contributed by atoms with Gasteiger partial charge in [-0.1, -0.05) is 81.4 Å². The van der Waals surface area contributed by atoms with E-state index >= 15 is 0 Å². The summed E-state index contributed by atoms with van der Waals surface area (Å²) >= 11 is 0. The summed E-state index contributed by atoms with van der Waals surface area (Å²) in [6, 6.07) is 22.7. The van der Waals surface area contributed by atoms with Crippen molar-refractivity contribution in [3.8, 4) is 5.88 Å². The van der Waals surface area contributed by atoms with Gasteiger partial charge in [0.2, 0.25) is 5.88 Å². The van der Waals surface area contributed by atoms with Gasteiger partial charge in [0.25, 0.3) is 8.32 Å². The zero-order chi connectivity index (χ0) is 25.8. The largest absolute Gasteiger partial charge is 0.474 e. The first-order valence-corrected chi connectivity index (χ1v) is 14.2. The number of alkyl halides is 3. The van der Waals surface area contributed by atoms with Crippen LogP contribution in [0, 0.1) is 0 Å². The first kappa shape index (κ1) is 26.4. The van der Waals surface area contributed by atoms with E-state index in [1.165, 1.54) is 0 Å². The number of hydrogen-bond acceptors (Lipinski definition) is 4. The average Bonchev–Trinajstić information content (AvgIpc) is 2.85. The van der Waals surface area contributed by atoms with E-state index in [4.69, 9.17) is 9.16 Å². The molecule has 0 saturated carbocycles. The Hall–Kier alpha value is -2.68. The molecule has 2 aromatic carbocycles. The van der Waals surface area contributed by atoms with Crippen LogP contribution >= 0.6 is 0 Å². The molecule has 1 fully saturated rings. The second-order valence-corrected chi connectivity index (χ2v) is 14.5. The van der Waals surface area contributed by atoms with E-state index in [0.717, 1.165) is 42.4 Å². The van der Waals surface area contributed by atoms with Crippen molar-refractivity contribution in [3.63, 3.8) is 0 Å². The van der Waals surface area contributed by atoms with Crippen LogP contribution in [0.3, 0.4) is 0 Å². The minimum atomic E-state index is -4.58. The average molecular weight is 515 g/mol. The van der Waals surface area contributed by atoms with Gasteiger partial charge in [-0.2, -0.15) is 13.2 Å². The fourth-order valence-electron chi connectivity index (χ4n) is 4.89. The molecule has 0 spiro atoms. The maximum Gasteiger partial charge on any atom is 0.433 e. The van der Waals surface area contributed by atoms with Crippen molar-refractivity contribution in [2.24, 2.45) is 0 Å².